The van der Waals surface area contributed by atoms with Crippen LogP contribution >= 0.6 is 15.9 Å². The van der Waals surface area contributed by atoms with Gasteiger partial charge in [-0.15, -0.1) is 13.2 Å². The number of carbonyl (C=O) groups is 1. The molecule has 118 valence electrons. The van der Waals surface area contributed by atoms with Gasteiger partial charge in [-0.05, 0) is 40.5 Å². The van der Waals surface area contributed by atoms with E-state index in [1.165, 1.54) is 12.1 Å². The van der Waals surface area contributed by atoms with Crippen molar-refractivity contribution in [3.05, 3.63) is 22.7 Å². The van der Waals surface area contributed by atoms with Gasteiger partial charge >= 0.3 is 12.3 Å². The number of carboxylic acids is 1. The second kappa shape index (κ2) is 7.53. The quantitative estimate of drug-likeness (QED) is 0.747. The largest absolute Gasteiger partial charge is 0.573 e. The minimum absolute atomic E-state index is 0.0875. The fourth-order valence-corrected chi connectivity index (χ4v) is 2.12. The van der Waals surface area contributed by atoms with E-state index in [1.807, 2.05) is 6.92 Å². The van der Waals surface area contributed by atoms with E-state index in [9.17, 15) is 18.0 Å². The van der Waals surface area contributed by atoms with Crippen LogP contribution in [-0.4, -0.2) is 23.5 Å². The molecule has 1 unspecified atom stereocenters. The number of hydrogen-bond donors (Lipinski definition) is 2. The molecule has 0 radical (unpaired) electrons. The molecule has 8 heteroatoms. The second-order valence-corrected chi connectivity index (χ2v) is 5.22. The Labute approximate surface area is 128 Å². The summed E-state index contributed by atoms with van der Waals surface area (Å²) in [5, 5.41) is 11.9. The molecule has 1 aromatic carbocycles. The van der Waals surface area contributed by atoms with Gasteiger partial charge in [0.05, 0.1) is 4.47 Å². The van der Waals surface area contributed by atoms with E-state index in [1.54, 1.807) is 0 Å². The third kappa shape index (κ3) is 6.24. The number of nitrogens with one attached hydrogen (secondary N) is 1. The van der Waals surface area contributed by atoms with E-state index in [0.29, 0.717) is 12.1 Å². The Morgan fingerprint density at radius 3 is 2.62 bits per heavy atom. The Morgan fingerprint density at radius 1 is 1.48 bits per heavy atom. The molecule has 0 fully saturated rings. The second-order valence-electron chi connectivity index (χ2n) is 4.37. The number of rotatable bonds is 7. The summed E-state index contributed by atoms with van der Waals surface area (Å²) in [5.74, 6) is -1.39. The average Bonchev–Trinajstić information content (AvgIpc) is 2.36. The highest BCUT2D eigenvalue weighted by molar-refractivity contribution is 9.10. The number of ether oxygens (including phenoxy) is 1. The average molecular weight is 370 g/mol. The maximum atomic E-state index is 12.1. The normalized spacial score (nSPS) is 12.8. The Balaban J connectivity index is 2.80. The third-order valence-electron chi connectivity index (χ3n) is 2.64. The lowest BCUT2D eigenvalue weighted by molar-refractivity contribution is -0.274. The molecule has 2 N–H and O–H groups in total. The molecule has 0 heterocycles. The molecule has 0 amide bonds. The number of anilines is 1. The molecule has 0 aromatic heterocycles. The fourth-order valence-electron chi connectivity index (χ4n) is 1.66. The van der Waals surface area contributed by atoms with Gasteiger partial charge in [0.25, 0.3) is 0 Å². The predicted octanol–water partition coefficient (Wildman–Crippen LogP) is 4.40. The van der Waals surface area contributed by atoms with E-state index in [4.69, 9.17) is 5.11 Å². The number of hydrogen-bond acceptors (Lipinski definition) is 3. The summed E-state index contributed by atoms with van der Waals surface area (Å²) in [5.41, 5.74) is 0.403. The Kier molecular flexibility index (Phi) is 6.32. The van der Waals surface area contributed by atoms with Crippen LogP contribution in [0.5, 0.6) is 5.75 Å². The monoisotopic (exact) mass is 369 g/mol. The fraction of sp³-hybridized carbons (Fsp3) is 0.462. The van der Waals surface area contributed by atoms with Gasteiger partial charge < -0.3 is 15.2 Å². The molecule has 0 saturated carbocycles. The first-order valence-electron chi connectivity index (χ1n) is 6.27. The molecule has 0 saturated heterocycles. The molecule has 21 heavy (non-hydrogen) atoms. The molecule has 0 aliphatic carbocycles. The van der Waals surface area contributed by atoms with E-state index < -0.39 is 18.4 Å². The smallest absolute Gasteiger partial charge is 0.480 e. The maximum absolute atomic E-state index is 12.1. The number of carboxylic acid groups (broad SMARTS) is 1. The van der Waals surface area contributed by atoms with Crippen molar-refractivity contribution in [3.8, 4) is 5.75 Å². The van der Waals surface area contributed by atoms with Crippen LogP contribution in [0.1, 0.15) is 26.2 Å². The maximum Gasteiger partial charge on any atom is 0.573 e. The Morgan fingerprint density at radius 2 is 2.14 bits per heavy atom. The topological polar surface area (TPSA) is 58.6 Å². The van der Waals surface area contributed by atoms with Gasteiger partial charge in [0.15, 0.2) is 0 Å². The van der Waals surface area contributed by atoms with Crippen molar-refractivity contribution in [2.24, 2.45) is 0 Å². The van der Waals surface area contributed by atoms with Crippen molar-refractivity contribution in [1.29, 1.82) is 0 Å². The Hall–Kier alpha value is -1.44. The highest BCUT2D eigenvalue weighted by Gasteiger charge is 2.32. The van der Waals surface area contributed by atoms with Gasteiger partial charge in [-0.2, -0.15) is 0 Å². The first-order valence-corrected chi connectivity index (χ1v) is 7.07. The standard InChI is InChI=1S/C13H15BrF3NO3/c1-2-3-4-10(12(19)20)18-8-5-6-11(9(14)7-8)21-13(15,16)17/h5-7,10,18H,2-4H2,1H3,(H,19,20). The molecule has 0 aliphatic rings. The summed E-state index contributed by atoms with van der Waals surface area (Å²) in [6.07, 6.45) is -2.75. The summed E-state index contributed by atoms with van der Waals surface area (Å²) in [6, 6.07) is 3.03. The third-order valence-corrected chi connectivity index (χ3v) is 3.26. The van der Waals surface area contributed by atoms with Crippen LogP contribution in [0.15, 0.2) is 22.7 Å². The van der Waals surface area contributed by atoms with Gasteiger partial charge in [0.2, 0.25) is 0 Å². The minimum Gasteiger partial charge on any atom is -0.480 e. The molecule has 0 spiro atoms. The van der Waals surface area contributed by atoms with Crippen molar-refractivity contribution in [3.63, 3.8) is 0 Å². The van der Waals surface area contributed by atoms with Crippen molar-refractivity contribution in [2.75, 3.05) is 5.32 Å². The first-order chi connectivity index (χ1) is 9.73. The summed E-state index contributed by atoms with van der Waals surface area (Å²) in [4.78, 5) is 11.1. The summed E-state index contributed by atoms with van der Waals surface area (Å²) in [7, 11) is 0. The molecule has 1 aromatic rings. The van der Waals surface area contributed by atoms with Crippen LogP contribution in [-0.2, 0) is 4.79 Å². The highest BCUT2D eigenvalue weighted by Crippen LogP contribution is 2.32. The van der Waals surface area contributed by atoms with E-state index in [2.05, 4.69) is 26.0 Å². The molecule has 0 bridgehead atoms. The molecular weight excluding hydrogens is 355 g/mol. The van der Waals surface area contributed by atoms with Gasteiger partial charge in [-0.25, -0.2) is 4.79 Å². The summed E-state index contributed by atoms with van der Waals surface area (Å²) < 4.78 is 40.3. The van der Waals surface area contributed by atoms with E-state index >= 15 is 0 Å². The molecule has 1 rings (SSSR count). The van der Waals surface area contributed by atoms with E-state index in [0.717, 1.165) is 18.9 Å². The number of alkyl halides is 3. The SMILES string of the molecule is CCCCC(Nc1ccc(OC(F)(F)F)c(Br)c1)C(=O)O. The lowest BCUT2D eigenvalue weighted by Gasteiger charge is -2.17. The highest BCUT2D eigenvalue weighted by atomic mass is 79.9. The molecule has 0 aliphatic heterocycles. The number of benzene rings is 1. The van der Waals surface area contributed by atoms with Gasteiger partial charge in [-0.1, -0.05) is 19.8 Å². The van der Waals surface area contributed by atoms with Crippen LogP contribution in [0, 0.1) is 0 Å². The zero-order valence-corrected chi connectivity index (χ0v) is 12.8. The van der Waals surface area contributed by atoms with Crippen LogP contribution in [0.3, 0.4) is 0 Å². The lowest BCUT2D eigenvalue weighted by atomic mass is 10.1. The van der Waals surface area contributed by atoms with Crippen molar-refractivity contribution >= 4 is 27.6 Å². The lowest BCUT2D eigenvalue weighted by Crippen LogP contribution is -2.29. The van der Waals surface area contributed by atoms with E-state index in [-0.39, 0.29) is 10.2 Å². The zero-order valence-electron chi connectivity index (χ0n) is 11.2. The zero-order chi connectivity index (χ0) is 16.0. The van der Waals surface area contributed by atoms with Crippen LogP contribution < -0.4 is 10.1 Å². The van der Waals surface area contributed by atoms with Crippen LogP contribution in [0.25, 0.3) is 0 Å². The van der Waals surface area contributed by atoms with Crippen LogP contribution in [0.4, 0.5) is 18.9 Å². The number of halogens is 4. The predicted molar refractivity (Wildman–Crippen MR) is 75.4 cm³/mol. The van der Waals surface area contributed by atoms with Crippen molar-refractivity contribution in [2.45, 2.75) is 38.6 Å². The van der Waals surface area contributed by atoms with Gasteiger partial charge in [0.1, 0.15) is 11.8 Å². The minimum atomic E-state index is -4.78. The molecular formula is C13H15BrF3NO3. The van der Waals surface area contributed by atoms with Crippen molar-refractivity contribution in [1.82, 2.24) is 0 Å². The van der Waals surface area contributed by atoms with Gasteiger partial charge in [-0.3, -0.25) is 0 Å². The van der Waals surface area contributed by atoms with Crippen molar-refractivity contribution < 1.29 is 27.8 Å². The molecule has 1 atom stereocenters. The summed E-state index contributed by atoms with van der Waals surface area (Å²) >= 11 is 2.97. The van der Waals surface area contributed by atoms with Crippen LogP contribution in [0.2, 0.25) is 0 Å². The number of unbranched alkanes of at least 4 members (excludes halogenated alkanes) is 1. The first kappa shape index (κ1) is 17.6. The molecule has 4 nitrogen and oxygen atoms in total. The summed E-state index contributed by atoms with van der Waals surface area (Å²) in [6.45, 7) is 1.94. The van der Waals surface area contributed by atoms with Gasteiger partial charge in [0, 0.05) is 5.69 Å². The number of aliphatic carboxylic acids is 1. The Bertz CT molecular complexity index is 494.